The van der Waals surface area contributed by atoms with Crippen molar-refractivity contribution in [1.29, 1.82) is 0 Å². The fraction of sp³-hybridized carbons (Fsp3) is 0.450. The average Bonchev–Trinajstić information content (AvgIpc) is 2.94. The predicted molar refractivity (Wildman–Crippen MR) is 105 cm³/mol. The summed E-state index contributed by atoms with van der Waals surface area (Å²) in [6.07, 6.45) is 0. The highest BCUT2D eigenvalue weighted by Crippen LogP contribution is 2.24. The van der Waals surface area contributed by atoms with E-state index < -0.39 is 10.0 Å². The molecule has 3 rings (SSSR count). The van der Waals surface area contributed by atoms with Gasteiger partial charge in [-0.2, -0.15) is 4.31 Å². The first-order valence-corrected chi connectivity index (χ1v) is 10.8. The zero-order valence-electron chi connectivity index (χ0n) is 16.7. The predicted octanol–water partition coefficient (Wildman–Crippen LogP) is 2.75. The molecule has 7 nitrogen and oxygen atoms in total. The molecule has 0 aliphatic carbocycles. The Bertz CT molecular complexity index is 955. The summed E-state index contributed by atoms with van der Waals surface area (Å²) in [4.78, 5) is 14.8. The highest BCUT2D eigenvalue weighted by Gasteiger charge is 2.32. The molecule has 1 aromatic carbocycles. The maximum absolute atomic E-state index is 12.9. The molecule has 1 amide bonds. The molecule has 0 unspecified atom stereocenters. The Kier molecular flexibility index (Phi) is 5.81. The maximum Gasteiger partial charge on any atom is 0.257 e. The lowest BCUT2D eigenvalue weighted by Gasteiger charge is -2.34. The van der Waals surface area contributed by atoms with E-state index in [9.17, 15) is 13.2 Å². The molecular weight excluding hydrogens is 380 g/mol. The molecule has 2 aromatic rings. The zero-order chi connectivity index (χ0) is 20.5. The first-order valence-electron chi connectivity index (χ1n) is 9.34. The second-order valence-electron chi connectivity index (χ2n) is 6.82. The van der Waals surface area contributed by atoms with Crippen LogP contribution >= 0.6 is 0 Å². The summed E-state index contributed by atoms with van der Waals surface area (Å²) in [7, 11) is -3.60. The van der Waals surface area contributed by atoms with E-state index in [1.54, 1.807) is 36.1 Å². The summed E-state index contributed by atoms with van der Waals surface area (Å²) >= 11 is 0. The van der Waals surface area contributed by atoms with Gasteiger partial charge in [-0.25, -0.2) is 8.42 Å². The zero-order valence-corrected chi connectivity index (χ0v) is 17.5. The molecule has 0 saturated carbocycles. The van der Waals surface area contributed by atoms with E-state index in [1.807, 2.05) is 20.8 Å². The number of amides is 1. The number of rotatable bonds is 5. The lowest BCUT2D eigenvalue weighted by Crippen LogP contribution is -2.50. The smallest absolute Gasteiger partial charge is 0.257 e. The van der Waals surface area contributed by atoms with Gasteiger partial charge >= 0.3 is 0 Å². The van der Waals surface area contributed by atoms with Crippen molar-refractivity contribution in [1.82, 2.24) is 9.21 Å². The monoisotopic (exact) mass is 406 g/mol. The highest BCUT2D eigenvalue weighted by atomic mass is 32.2. The maximum atomic E-state index is 12.9. The molecule has 8 heteroatoms. The molecule has 1 aromatic heterocycles. The molecule has 1 fully saturated rings. The lowest BCUT2D eigenvalue weighted by molar-refractivity contribution is 0.0695. The third kappa shape index (κ3) is 3.79. The number of hydrogen-bond donors (Lipinski definition) is 0. The van der Waals surface area contributed by atoms with Gasteiger partial charge in [-0.1, -0.05) is 0 Å². The van der Waals surface area contributed by atoms with Crippen LogP contribution in [0.15, 0.2) is 33.6 Å². The third-order valence-electron chi connectivity index (χ3n) is 5.07. The Morgan fingerprint density at radius 1 is 1.04 bits per heavy atom. The van der Waals surface area contributed by atoms with E-state index in [0.29, 0.717) is 36.8 Å². The quantitative estimate of drug-likeness (QED) is 0.763. The summed E-state index contributed by atoms with van der Waals surface area (Å²) in [6.45, 7) is 9.09. The topological polar surface area (TPSA) is 80.1 Å². The Morgan fingerprint density at radius 3 is 2.14 bits per heavy atom. The van der Waals surface area contributed by atoms with Crippen molar-refractivity contribution < 1.29 is 22.4 Å². The Morgan fingerprint density at radius 2 is 1.64 bits per heavy atom. The second kappa shape index (κ2) is 7.97. The number of sulfonamides is 1. The molecule has 0 spiro atoms. The van der Waals surface area contributed by atoms with Crippen molar-refractivity contribution in [2.75, 3.05) is 32.8 Å². The van der Waals surface area contributed by atoms with Crippen LogP contribution in [-0.4, -0.2) is 56.3 Å². The van der Waals surface area contributed by atoms with Crippen LogP contribution in [0.1, 0.15) is 34.4 Å². The minimum absolute atomic E-state index is 0.107. The van der Waals surface area contributed by atoms with E-state index in [0.717, 1.165) is 11.3 Å². The molecule has 1 aliphatic rings. The summed E-state index contributed by atoms with van der Waals surface area (Å²) in [6, 6.07) is 6.42. The number of aryl methyl sites for hydroxylation is 2. The van der Waals surface area contributed by atoms with Gasteiger partial charge in [0.1, 0.15) is 17.3 Å². The first kappa shape index (κ1) is 20.4. The molecule has 0 atom stereocenters. The minimum atomic E-state index is -3.60. The van der Waals surface area contributed by atoms with Gasteiger partial charge in [0.25, 0.3) is 5.91 Å². The average molecular weight is 407 g/mol. The van der Waals surface area contributed by atoms with Crippen LogP contribution in [0.2, 0.25) is 0 Å². The number of piperazine rings is 1. The van der Waals surface area contributed by atoms with Gasteiger partial charge in [0.15, 0.2) is 0 Å². The molecule has 0 N–H and O–H groups in total. The van der Waals surface area contributed by atoms with Gasteiger partial charge in [-0.3, -0.25) is 4.79 Å². The number of benzene rings is 1. The van der Waals surface area contributed by atoms with Crippen LogP contribution in [0, 0.1) is 20.8 Å². The Hall–Kier alpha value is -2.32. The van der Waals surface area contributed by atoms with E-state index in [1.165, 1.54) is 4.31 Å². The number of carbonyl (C=O) groups excluding carboxylic acids is 1. The third-order valence-corrected chi connectivity index (χ3v) is 6.99. The molecule has 2 heterocycles. The van der Waals surface area contributed by atoms with Gasteiger partial charge in [0, 0.05) is 31.7 Å². The molecular formula is C20H26N2O5S. The summed E-state index contributed by atoms with van der Waals surface area (Å²) < 4.78 is 38.1. The molecule has 152 valence electrons. The first-order chi connectivity index (χ1) is 13.3. The van der Waals surface area contributed by atoms with E-state index in [4.69, 9.17) is 9.15 Å². The Labute approximate surface area is 165 Å². The summed E-state index contributed by atoms with van der Waals surface area (Å²) in [5, 5.41) is 0. The highest BCUT2D eigenvalue weighted by molar-refractivity contribution is 7.89. The fourth-order valence-electron chi connectivity index (χ4n) is 3.42. The van der Waals surface area contributed by atoms with Gasteiger partial charge in [-0.05, 0) is 52.0 Å². The Balaban J connectivity index is 1.69. The second-order valence-corrected chi connectivity index (χ2v) is 8.75. The van der Waals surface area contributed by atoms with Crippen LogP contribution in [0.5, 0.6) is 5.75 Å². The van der Waals surface area contributed by atoms with E-state index >= 15 is 0 Å². The summed E-state index contributed by atoms with van der Waals surface area (Å²) in [5.74, 6) is 1.87. The van der Waals surface area contributed by atoms with Gasteiger partial charge in [0.2, 0.25) is 10.0 Å². The molecule has 0 bridgehead atoms. The molecule has 1 saturated heterocycles. The number of hydrogen-bond acceptors (Lipinski definition) is 5. The summed E-state index contributed by atoms with van der Waals surface area (Å²) in [5.41, 5.74) is 1.42. The van der Waals surface area contributed by atoms with Crippen LogP contribution < -0.4 is 4.74 Å². The molecule has 1 aliphatic heterocycles. The largest absolute Gasteiger partial charge is 0.494 e. The van der Waals surface area contributed by atoms with Gasteiger partial charge < -0.3 is 14.1 Å². The van der Waals surface area contributed by atoms with Crippen molar-refractivity contribution >= 4 is 15.9 Å². The van der Waals surface area contributed by atoms with Crippen LogP contribution in [0.3, 0.4) is 0 Å². The van der Waals surface area contributed by atoms with Crippen molar-refractivity contribution in [3.8, 4) is 5.75 Å². The van der Waals surface area contributed by atoms with Gasteiger partial charge in [0.05, 0.1) is 17.1 Å². The standard InChI is InChI=1S/C20H26N2O5S/c1-5-26-17-6-8-18(9-7-17)28(24,25)22-12-10-21(11-13-22)20(23)19-14(2)15(3)27-16(19)4/h6-9H,5,10-13H2,1-4H3. The molecule has 0 radical (unpaired) electrons. The SMILES string of the molecule is CCOc1ccc(S(=O)(=O)N2CCN(C(=O)c3c(C)oc(C)c3C)CC2)cc1. The number of ether oxygens (including phenoxy) is 1. The van der Waals surface area contributed by atoms with Crippen molar-refractivity contribution in [2.24, 2.45) is 0 Å². The van der Waals surface area contributed by atoms with Crippen molar-refractivity contribution in [3.63, 3.8) is 0 Å². The normalized spacial score (nSPS) is 15.6. The van der Waals surface area contributed by atoms with Crippen molar-refractivity contribution in [2.45, 2.75) is 32.6 Å². The van der Waals surface area contributed by atoms with Crippen LogP contribution in [0.4, 0.5) is 0 Å². The van der Waals surface area contributed by atoms with Crippen molar-refractivity contribution in [3.05, 3.63) is 46.9 Å². The van der Waals surface area contributed by atoms with E-state index in [-0.39, 0.29) is 23.9 Å². The fourth-order valence-corrected chi connectivity index (χ4v) is 4.84. The van der Waals surface area contributed by atoms with Crippen LogP contribution in [0.25, 0.3) is 0 Å². The minimum Gasteiger partial charge on any atom is -0.494 e. The number of carbonyl (C=O) groups is 1. The van der Waals surface area contributed by atoms with Crippen LogP contribution in [-0.2, 0) is 10.0 Å². The number of nitrogens with zero attached hydrogens (tertiary/aromatic N) is 2. The van der Waals surface area contributed by atoms with E-state index in [2.05, 4.69) is 0 Å². The lowest BCUT2D eigenvalue weighted by atomic mass is 10.1. The van der Waals surface area contributed by atoms with Gasteiger partial charge in [-0.15, -0.1) is 0 Å². The number of furan rings is 1. The molecule has 28 heavy (non-hydrogen) atoms.